The van der Waals surface area contributed by atoms with Crippen molar-refractivity contribution in [2.45, 2.75) is 6.92 Å². The summed E-state index contributed by atoms with van der Waals surface area (Å²) in [6.07, 6.45) is 1.98. The SMILES string of the molecule is CON=C(C(=O)OC)c1ccccc1N=c1n(C)cc(C)n1C. The molecule has 0 aliphatic carbocycles. The highest BCUT2D eigenvalue weighted by Crippen LogP contribution is 2.20. The number of nitrogens with zero attached hydrogens (tertiary/aromatic N) is 4. The van der Waals surface area contributed by atoms with Gasteiger partial charge >= 0.3 is 5.97 Å². The quantitative estimate of drug-likeness (QED) is 0.487. The fourth-order valence-electron chi connectivity index (χ4n) is 2.24. The average Bonchev–Trinajstić information content (AvgIpc) is 2.79. The molecule has 0 spiro atoms. The topological polar surface area (TPSA) is 70.1 Å². The van der Waals surface area contributed by atoms with Crippen LogP contribution in [0, 0.1) is 6.92 Å². The van der Waals surface area contributed by atoms with Crippen LogP contribution < -0.4 is 5.62 Å². The van der Waals surface area contributed by atoms with Crippen molar-refractivity contribution in [1.82, 2.24) is 9.13 Å². The Morgan fingerprint density at radius 3 is 2.43 bits per heavy atom. The molecule has 0 fully saturated rings. The van der Waals surface area contributed by atoms with Crippen molar-refractivity contribution in [2.75, 3.05) is 14.2 Å². The summed E-state index contributed by atoms with van der Waals surface area (Å²) in [4.78, 5) is 21.4. The molecular weight excluding hydrogens is 296 g/mol. The number of rotatable bonds is 4. The Labute approximate surface area is 134 Å². The van der Waals surface area contributed by atoms with Gasteiger partial charge in [0, 0.05) is 31.5 Å². The number of carbonyl (C=O) groups excluding carboxylic acids is 1. The molecule has 1 aromatic heterocycles. The molecular formula is C16H20N4O3. The monoisotopic (exact) mass is 316 g/mol. The Balaban J connectivity index is 2.67. The van der Waals surface area contributed by atoms with Crippen LogP contribution in [0.3, 0.4) is 0 Å². The number of ether oxygens (including phenoxy) is 1. The van der Waals surface area contributed by atoms with Crippen LogP contribution in [0.1, 0.15) is 11.3 Å². The molecule has 0 aliphatic heterocycles. The Kier molecular flexibility index (Phi) is 5.00. The van der Waals surface area contributed by atoms with Gasteiger partial charge in [-0.2, -0.15) is 0 Å². The van der Waals surface area contributed by atoms with E-state index in [-0.39, 0.29) is 5.71 Å². The van der Waals surface area contributed by atoms with Gasteiger partial charge in [-0.1, -0.05) is 23.4 Å². The standard InChI is InChI=1S/C16H20N4O3/c1-11-10-19(2)16(20(11)3)17-13-9-7-6-8-12(13)14(18-23-5)15(21)22-4/h6-10H,1-5H3. The van der Waals surface area contributed by atoms with Crippen LogP contribution in [0.4, 0.5) is 5.69 Å². The third kappa shape index (κ3) is 3.33. The van der Waals surface area contributed by atoms with E-state index in [0.29, 0.717) is 11.3 Å². The molecule has 7 nitrogen and oxygen atoms in total. The van der Waals surface area contributed by atoms with Crippen LogP contribution in [0.25, 0.3) is 0 Å². The van der Waals surface area contributed by atoms with Crippen LogP contribution >= 0.6 is 0 Å². The number of benzene rings is 1. The first-order valence-corrected chi connectivity index (χ1v) is 7.02. The molecule has 0 radical (unpaired) electrons. The summed E-state index contributed by atoms with van der Waals surface area (Å²) in [5, 5.41) is 3.79. The molecule has 0 saturated carbocycles. The summed E-state index contributed by atoms with van der Waals surface area (Å²) in [5.41, 5.74) is 3.03. The van der Waals surface area contributed by atoms with Gasteiger partial charge in [0.2, 0.25) is 5.62 Å². The van der Waals surface area contributed by atoms with Crippen molar-refractivity contribution in [3.8, 4) is 0 Å². The van der Waals surface area contributed by atoms with Gasteiger partial charge in [0.25, 0.3) is 0 Å². The molecule has 0 bridgehead atoms. The van der Waals surface area contributed by atoms with E-state index in [2.05, 4.69) is 10.1 Å². The van der Waals surface area contributed by atoms with Crippen molar-refractivity contribution in [2.24, 2.45) is 24.2 Å². The molecule has 122 valence electrons. The van der Waals surface area contributed by atoms with Crippen LogP contribution in [0.2, 0.25) is 0 Å². The highest BCUT2D eigenvalue weighted by molar-refractivity contribution is 6.44. The molecule has 23 heavy (non-hydrogen) atoms. The van der Waals surface area contributed by atoms with E-state index in [9.17, 15) is 4.79 Å². The Morgan fingerprint density at radius 1 is 1.17 bits per heavy atom. The van der Waals surface area contributed by atoms with Crippen molar-refractivity contribution in [1.29, 1.82) is 0 Å². The second-order valence-electron chi connectivity index (χ2n) is 4.98. The molecule has 0 N–H and O–H groups in total. The molecule has 0 aliphatic rings. The second kappa shape index (κ2) is 6.95. The minimum atomic E-state index is -0.582. The molecule has 0 atom stereocenters. The largest absolute Gasteiger partial charge is 0.464 e. The van der Waals surface area contributed by atoms with E-state index in [1.54, 1.807) is 12.1 Å². The van der Waals surface area contributed by atoms with Crippen LogP contribution in [0.15, 0.2) is 40.6 Å². The lowest BCUT2D eigenvalue weighted by molar-refractivity contribution is -0.132. The van der Waals surface area contributed by atoms with Gasteiger partial charge in [-0.05, 0) is 13.0 Å². The van der Waals surface area contributed by atoms with Gasteiger partial charge in [0.15, 0.2) is 5.71 Å². The molecule has 0 unspecified atom stereocenters. The third-order valence-corrected chi connectivity index (χ3v) is 3.47. The van der Waals surface area contributed by atoms with Gasteiger partial charge < -0.3 is 18.7 Å². The number of esters is 1. The highest BCUT2D eigenvalue weighted by atomic mass is 16.6. The molecule has 1 heterocycles. The second-order valence-corrected chi connectivity index (χ2v) is 4.98. The number of imidazole rings is 1. The number of aromatic nitrogens is 2. The first-order chi connectivity index (χ1) is 11.0. The lowest BCUT2D eigenvalue weighted by Gasteiger charge is -2.07. The maximum Gasteiger partial charge on any atom is 0.360 e. The number of hydrogen-bond acceptors (Lipinski definition) is 5. The Morgan fingerprint density at radius 2 is 1.87 bits per heavy atom. The van der Waals surface area contributed by atoms with Crippen LogP contribution in [0.5, 0.6) is 0 Å². The van der Waals surface area contributed by atoms with Gasteiger partial charge in [-0.15, -0.1) is 0 Å². The maximum atomic E-state index is 12.0. The summed E-state index contributed by atoms with van der Waals surface area (Å²) < 4.78 is 8.65. The number of hydrogen-bond donors (Lipinski definition) is 0. The molecule has 2 rings (SSSR count). The van der Waals surface area contributed by atoms with Gasteiger partial charge in [-0.25, -0.2) is 9.79 Å². The summed E-state index contributed by atoms with van der Waals surface area (Å²) >= 11 is 0. The van der Waals surface area contributed by atoms with Crippen LogP contribution in [-0.4, -0.2) is 35.0 Å². The number of aryl methyl sites for hydroxylation is 2. The predicted molar refractivity (Wildman–Crippen MR) is 86.3 cm³/mol. The smallest absolute Gasteiger partial charge is 0.360 e. The van der Waals surface area contributed by atoms with Crippen molar-refractivity contribution >= 4 is 17.4 Å². The van der Waals surface area contributed by atoms with E-state index in [1.807, 2.05) is 48.5 Å². The molecule has 2 aromatic rings. The zero-order valence-corrected chi connectivity index (χ0v) is 13.9. The normalized spacial score (nSPS) is 12.4. The molecule has 0 saturated heterocycles. The van der Waals surface area contributed by atoms with E-state index >= 15 is 0 Å². The summed E-state index contributed by atoms with van der Waals surface area (Å²) in [6, 6.07) is 7.22. The van der Waals surface area contributed by atoms with E-state index in [4.69, 9.17) is 9.57 Å². The Hall–Kier alpha value is -2.83. The highest BCUT2D eigenvalue weighted by Gasteiger charge is 2.19. The lowest BCUT2D eigenvalue weighted by Crippen LogP contribution is -2.23. The van der Waals surface area contributed by atoms with Crippen molar-refractivity contribution < 1.29 is 14.4 Å². The maximum absolute atomic E-state index is 12.0. The zero-order chi connectivity index (χ0) is 17.0. The van der Waals surface area contributed by atoms with E-state index in [0.717, 1.165) is 11.3 Å². The molecule has 0 amide bonds. The minimum Gasteiger partial charge on any atom is -0.464 e. The Bertz CT molecular complexity index is 815. The molecule has 1 aromatic carbocycles. The van der Waals surface area contributed by atoms with Gasteiger partial charge in [-0.3, -0.25) is 0 Å². The zero-order valence-electron chi connectivity index (χ0n) is 13.9. The minimum absolute atomic E-state index is 0.0722. The van der Waals surface area contributed by atoms with E-state index < -0.39 is 5.97 Å². The van der Waals surface area contributed by atoms with E-state index in [1.165, 1.54) is 14.2 Å². The van der Waals surface area contributed by atoms with Crippen LogP contribution in [-0.2, 0) is 28.5 Å². The number of carbonyl (C=O) groups is 1. The summed E-state index contributed by atoms with van der Waals surface area (Å²) in [6.45, 7) is 2.00. The predicted octanol–water partition coefficient (Wildman–Crippen LogP) is 1.43. The lowest BCUT2D eigenvalue weighted by atomic mass is 10.1. The van der Waals surface area contributed by atoms with Gasteiger partial charge in [0.05, 0.1) is 12.8 Å². The first-order valence-electron chi connectivity index (χ1n) is 7.02. The average molecular weight is 316 g/mol. The molecule has 7 heteroatoms. The van der Waals surface area contributed by atoms with Crippen molar-refractivity contribution in [3.05, 3.63) is 47.3 Å². The third-order valence-electron chi connectivity index (χ3n) is 3.47. The number of oxime groups is 1. The summed E-state index contributed by atoms with van der Waals surface area (Å²) in [5.74, 6) is -0.582. The van der Waals surface area contributed by atoms with Gasteiger partial charge in [0.1, 0.15) is 7.11 Å². The fourth-order valence-corrected chi connectivity index (χ4v) is 2.24. The number of methoxy groups -OCH3 is 1. The summed E-state index contributed by atoms with van der Waals surface area (Å²) in [7, 11) is 6.53. The first kappa shape index (κ1) is 16.5. The van der Waals surface area contributed by atoms with Crippen molar-refractivity contribution in [3.63, 3.8) is 0 Å². The fraction of sp³-hybridized carbons (Fsp3) is 0.312. The number of para-hydroxylation sites is 1.